The number of aromatic nitrogens is 1. The monoisotopic (exact) mass is 330 g/mol. The molecule has 0 saturated carbocycles. The molecule has 2 heterocycles. The largest absolute Gasteiger partial charge is 0.478 e. The van der Waals surface area contributed by atoms with Crippen molar-refractivity contribution in [2.45, 2.75) is 17.9 Å². The molecule has 1 aliphatic heterocycles. The van der Waals surface area contributed by atoms with E-state index in [2.05, 4.69) is 4.98 Å². The van der Waals surface area contributed by atoms with Crippen molar-refractivity contribution in [2.75, 3.05) is 25.1 Å². The Morgan fingerprint density at radius 1 is 1.52 bits per heavy atom. The van der Waals surface area contributed by atoms with Gasteiger partial charge in [0.05, 0.1) is 16.8 Å². The Morgan fingerprint density at radius 3 is 2.86 bits per heavy atom. The summed E-state index contributed by atoms with van der Waals surface area (Å²) < 4.78 is 24.6. The number of nitrogens with zero attached hydrogens (tertiary/aromatic N) is 2. The third-order valence-corrected chi connectivity index (χ3v) is 5.85. The number of pyridine rings is 1. The molecular formula is C13H18N2O4S2. The molecule has 1 aromatic rings. The highest BCUT2D eigenvalue weighted by molar-refractivity contribution is 7.99. The molecule has 116 valence electrons. The number of carbonyl (C=O) groups is 1. The van der Waals surface area contributed by atoms with E-state index in [1.54, 1.807) is 6.07 Å². The van der Waals surface area contributed by atoms with Gasteiger partial charge in [0.1, 0.15) is 0 Å². The summed E-state index contributed by atoms with van der Waals surface area (Å²) in [5.74, 6) is 0.0976. The van der Waals surface area contributed by atoms with E-state index in [0.717, 1.165) is 23.6 Å². The van der Waals surface area contributed by atoms with Gasteiger partial charge in [0.15, 0.2) is 0 Å². The predicted molar refractivity (Wildman–Crippen MR) is 81.1 cm³/mol. The zero-order valence-electron chi connectivity index (χ0n) is 11.7. The van der Waals surface area contributed by atoms with Crippen molar-refractivity contribution in [2.24, 2.45) is 5.92 Å². The SMILES string of the molecule is CS(=O)(=O)N1CCCC(CSc2ccc(C(=O)O)cn2)C1. The smallest absolute Gasteiger partial charge is 0.337 e. The van der Waals surface area contributed by atoms with Crippen LogP contribution in [0, 0.1) is 5.92 Å². The van der Waals surface area contributed by atoms with Crippen LogP contribution in [0.3, 0.4) is 0 Å². The average molecular weight is 330 g/mol. The number of piperidine rings is 1. The van der Waals surface area contributed by atoms with Gasteiger partial charge in [-0.2, -0.15) is 0 Å². The minimum Gasteiger partial charge on any atom is -0.478 e. The van der Waals surface area contributed by atoms with Gasteiger partial charge in [-0.25, -0.2) is 22.5 Å². The molecule has 1 fully saturated rings. The summed E-state index contributed by atoms with van der Waals surface area (Å²) in [5.41, 5.74) is 0.167. The lowest BCUT2D eigenvalue weighted by Crippen LogP contribution is -2.39. The maximum atomic E-state index is 11.6. The van der Waals surface area contributed by atoms with Crippen molar-refractivity contribution in [3.05, 3.63) is 23.9 Å². The van der Waals surface area contributed by atoms with Gasteiger partial charge in [0.25, 0.3) is 0 Å². The molecule has 1 atom stereocenters. The lowest BCUT2D eigenvalue weighted by molar-refractivity contribution is 0.0696. The first-order chi connectivity index (χ1) is 9.86. The molecule has 0 bridgehead atoms. The first-order valence-corrected chi connectivity index (χ1v) is 9.47. The molecule has 6 nitrogen and oxygen atoms in total. The summed E-state index contributed by atoms with van der Waals surface area (Å²) in [7, 11) is -3.11. The third kappa shape index (κ3) is 4.69. The maximum absolute atomic E-state index is 11.6. The lowest BCUT2D eigenvalue weighted by atomic mass is 10.0. The number of sulfonamides is 1. The molecule has 21 heavy (non-hydrogen) atoms. The van der Waals surface area contributed by atoms with Crippen LogP contribution in [0.15, 0.2) is 23.4 Å². The highest BCUT2D eigenvalue weighted by Gasteiger charge is 2.25. The van der Waals surface area contributed by atoms with E-state index < -0.39 is 16.0 Å². The number of hydrogen-bond donors (Lipinski definition) is 1. The molecule has 1 aliphatic rings. The van der Waals surface area contributed by atoms with Crippen LogP contribution in [0.25, 0.3) is 0 Å². The van der Waals surface area contributed by atoms with Crippen LogP contribution in [-0.2, 0) is 10.0 Å². The minimum atomic E-state index is -3.11. The second kappa shape index (κ2) is 6.76. The first kappa shape index (κ1) is 16.3. The zero-order valence-corrected chi connectivity index (χ0v) is 13.4. The highest BCUT2D eigenvalue weighted by Crippen LogP contribution is 2.25. The van der Waals surface area contributed by atoms with Crippen molar-refractivity contribution >= 4 is 27.8 Å². The van der Waals surface area contributed by atoms with Crippen LogP contribution in [0.2, 0.25) is 0 Å². The summed E-state index contributed by atoms with van der Waals surface area (Å²) in [6.07, 6.45) is 4.47. The Hall–Kier alpha value is -1.12. The van der Waals surface area contributed by atoms with Crippen molar-refractivity contribution in [1.82, 2.24) is 9.29 Å². The molecule has 1 saturated heterocycles. The minimum absolute atomic E-state index is 0.167. The summed E-state index contributed by atoms with van der Waals surface area (Å²) in [6.45, 7) is 1.16. The van der Waals surface area contributed by atoms with Crippen molar-refractivity contribution in [3.8, 4) is 0 Å². The van der Waals surface area contributed by atoms with Crippen LogP contribution in [0.5, 0.6) is 0 Å². The fraction of sp³-hybridized carbons (Fsp3) is 0.538. The van der Waals surface area contributed by atoms with Crippen LogP contribution in [-0.4, -0.2) is 53.9 Å². The molecule has 1 aromatic heterocycles. The van der Waals surface area contributed by atoms with Gasteiger partial charge in [-0.3, -0.25) is 0 Å². The maximum Gasteiger partial charge on any atom is 0.337 e. The molecule has 0 amide bonds. The molecule has 8 heteroatoms. The van der Waals surface area contributed by atoms with E-state index in [0.29, 0.717) is 19.0 Å². The Labute approximate surface area is 128 Å². The van der Waals surface area contributed by atoms with E-state index in [1.807, 2.05) is 0 Å². The second-order valence-electron chi connectivity index (χ2n) is 5.13. The normalized spacial score (nSPS) is 20.3. The van der Waals surface area contributed by atoms with Gasteiger partial charge in [-0.05, 0) is 30.9 Å². The standard InChI is InChI=1S/C13H18N2O4S2/c1-21(18,19)15-6-2-3-10(8-15)9-20-12-5-4-11(7-14-12)13(16)17/h4-5,7,10H,2-3,6,8-9H2,1H3,(H,16,17). The lowest BCUT2D eigenvalue weighted by Gasteiger charge is -2.30. The van der Waals surface area contributed by atoms with Crippen LogP contribution < -0.4 is 0 Å². The number of carboxylic acid groups (broad SMARTS) is 1. The Morgan fingerprint density at radius 2 is 2.29 bits per heavy atom. The second-order valence-corrected chi connectivity index (χ2v) is 8.15. The van der Waals surface area contributed by atoms with Gasteiger partial charge < -0.3 is 5.11 Å². The number of carboxylic acids is 1. The molecule has 0 aromatic carbocycles. The molecular weight excluding hydrogens is 312 g/mol. The Kier molecular flexibility index (Phi) is 5.23. The fourth-order valence-electron chi connectivity index (χ4n) is 2.26. The van der Waals surface area contributed by atoms with Crippen LogP contribution >= 0.6 is 11.8 Å². The third-order valence-electron chi connectivity index (χ3n) is 3.40. The van der Waals surface area contributed by atoms with Crippen LogP contribution in [0.4, 0.5) is 0 Å². The van der Waals surface area contributed by atoms with Crippen LogP contribution in [0.1, 0.15) is 23.2 Å². The highest BCUT2D eigenvalue weighted by atomic mass is 32.2. The number of thioether (sulfide) groups is 1. The van der Waals surface area contributed by atoms with E-state index in [9.17, 15) is 13.2 Å². The molecule has 1 unspecified atom stereocenters. The van der Waals surface area contributed by atoms with Gasteiger partial charge >= 0.3 is 5.97 Å². The Balaban J connectivity index is 1.89. The molecule has 0 aliphatic carbocycles. The van der Waals surface area contributed by atoms with Crippen molar-refractivity contribution < 1.29 is 18.3 Å². The molecule has 0 spiro atoms. The molecule has 2 rings (SSSR count). The summed E-state index contributed by atoms with van der Waals surface area (Å²) >= 11 is 1.53. The average Bonchev–Trinajstić information content (AvgIpc) is 2.45. The van der Waals surface area contributed by atoms with Crippen molar-refractivity contribution in [3.63, 3.8) is 0 Å². The summed E-state index contributed by atoms with van der Waals surface area (Å²) in [4.78, 5) is 14.8. The van der Waals surface area contributed by atoms with E-state index in [1.165, 1.54) is 34.6 Å². The van der Waals surface area contributed by atoms with Gasteiger partial charge in [-0.15, -0.1) is 11.8 Å². The number of rotatable bonds is 5. The number of aromatic carboxylic acids is 1. The number of hydrogen-bond acceptors (Lipinski definition) is 5. The quantitative estimate of drug-likeness (QED) is 0.824. The van der Waals surface area contributed by atoms with Gasteiger partial charge in [0, 0.05) is 25.0 Å². The van der Waals surface area contributed by atoms with E-state index >= 15 is 0 Å². The zero-order chi connectivity index (χ0) is 15.5. The Bertz CT molecular complexity index is 601. The fourth-order valence-corrected chi connectivity index (χ4v) is 4.17. The van der Waals surface area contributed by atoms with Gasteiger partial charge in [-0.1, -0.05) is 0 Å². The predicted octanol–water partition coefficient (Wildman–Crippen LogP) is 1.54. The van der Waals surface area contributed by atoms with E-state index in [-0.39, 0.29) is 5.56 Å². The van der Waals surface area contributed by atoms with Gasteiger partial charge in [0.2, 0.25) is 10.0 Å². The summed E-state index contributed by atoms with van der Waals surface area (Å²) in [6, 6.07) is 3.21. The molecule has 0 radical (unpaired) electrons. The first-order valence-electron chi connectivity index (χ1n) is 6.63. The molecule has 1 N–H and O–H groups in total. The topological polar surface area (TPSA) is 87.6 Å². The summed E-state index contributed by atoms with van der Waals surface area (Å²) in [5, 5.41) is 9.57. The van der Waals surface area contributed by atoms with Crippen molar-refractivity contribution in [1.29, 1.82) is 0 Å². The van der Waals surface area contributed by atoms with E-state index in [4.69, 9.17) is 5.11 Å².